The molecule has 0 aliphatic rings. The Kier molecular flexibility index (Phi) is 11.7. The Balaban J connectivity index is 0.000000281. The fourth-order valence-corrected chi connectivity index (χ4v) is 3.68. The summed E-state index contributed by atoms with van der Waals surface area (Å²) in [6.45, 7) is 6.81. The van der Waals surface area contributed by atoms with Crippen molar-refractivity contribution in [1.29, 1.82) is 0 Å². The number of ether oxygens (including phenoxy) is 1. The van der Waals surface area contributed by atoms with E-state index in [1.165, 1.54) is 17.7 Å². The van der Waals surface area contributed by atoms with Gasteiger partial charge < -0.3 is 15.2 Å². The first-order valence-corrected chi connectivity index (χ1v) is 12.4. The molecule has 2 unspecified atom stereocenters. The van der Waals surface area contributed by atoms with Gasteiger partial charge in [-0.3, -0.25) is 4.79 Å². The van der Waals surface area contributed by atoms with Gasteiger partial charge in [-0.05, 0) is 73.8 Å². The van der Waals surface area contributed by atoms with E-state index in [4.69, 9.17) is 9.84 Å². The highest BCUT2D eigenvalue weighted by Crippen LogP contribution is 2.31. The van der Waals surface area contributed by atoms with Crippen LogP contribution >= 0.6 is 0 Å². The zero-order valence-electron chi connectivity index (χ0n) is 21.8. The van der Waals surface area contributed by atoms with Crippen LogP contribution in [0, 0.1) is 5.92 Å². The summed E-state index contributed by atoms with van der Waals surface area (Å²) in [5.74, 6) is -0.129. The van der Waals surface area contributed by atoms with Crippen molar-refractivity contribution in [2.45, 2.75) is 51.8 Å². The van der Waals surface area contributed by atoms with Crippen molar-refractivity contribution in [1.82, 2.24) is 5.32 Å². The lowest BCUT2D eigenvalue weighted by molar-refractivity contribution is -0.138. The number of nitrogens with one attached hydrogen (secondary N) is 1. The van der Waals surface area contributed by atoms with Crippen molar-refractivity contribution >= 4 is 5.97 Å². The minimum Gasteiger partial charge on any atom is -0.486 e. The van der Waals surface area contributed by atoms with Crippen molar-refractivity contribution < 1.29 is 27.8 Å². The molecule has 2 N–H and O–H groups in total. The van der Waals surface area contributed by atoms with Crippen LogP contribution < -0.4 is 10.1 Å². The predicted octanol–water partition coefficient (Wildman–Crippen LogP) is 7.51. The van der Waals surface area contributed by atoms with Crippen LogP contribution in [0.4, 0.5) is 13.2 Å². The van der Waals surface area contributed by atoms with E-state index in [-0.39, 0.29) is 6.10 Å². The average molecular weight is 516 g/mol. The number of aliphatic carboxylic acids is 1. The Morgan fingerprint density at radius 3 is 1.97 bits per heavy atom. The molecule has 37 heavy (non-hydrogen) atoms. The third-order valence-electron chi connectivity index (χ3n) is 5.78. The molecule has 4 nitrogen and oxygen atoms in total. The standard InChI is InChI=1S/C17H18F3NO.C13H18O2/c1-21-12-11-16(13-5-3-2-4-6-13)22-15-9-7-14(8-10-15)17(18,19)20;1-9(2)8-11-4-6-12(7-5-11)10(3)13(14)15/h2-10,16,21H,11-12H2,1H3;4-7,9-10H,8H2,1-3H3,(H,14,15). The number of rotatable bonds is 10. The first kappa shape index (κ1) is 29.9. The molecule has 0 aromatic heterocycles. The van der Waals surface area contributed by atoms with Crippen LogP contribution in [0.1, 0.15) is 61.5 Å². The van der Waals surface area contributed by atoms with E-state index in [2.05, 4.69) is 19.2 Å². The normalized spacial score (nSPS) is 12.9. The molecule has 0 heterocycles. The molecule has 0 saturated carbocycles. The largest absolute Gasteiger partial charge is 0.486 e. The summed E-state index contributed by atoms with van der Waals surface area (Å²) in [4.78, 5) is 10.8. The average Bonchev–Trinajstić information content (AvgIpc) is 2.87. The van der Waals surface area contributed by atoms with Crippen molar-refractivity contribution in [3.63, 3.8) is 0 Å². The van der Waals surface area contributed by atoms with Crippen LogP contribution in [0.3, 0.4) is 0 Å². The number of carboxylic acid groups (broad SMARTS) is 1. The monoisotopic (exact) mass is 515 g/mol. The van der Waals surface area contributed by atoms with Crippen LogP contribution in [-0.2, 0) is 17.4 Å². The second kappa shape index (κ2) is 14.4. The molecule has 0 spiro atoms. The van der Waals surface area contributed by atoms with Crippen LogP contribution in [0.5, 0.6) is 5.75 Å². The van der Waals surface area contributed by atoms with Gasteiger partial charge in [0, 0.05) is 6.42 Å². The lowest BCUT2D eigenvalue weighted by Crippen LogP contribution is -2.16. The van der Waals surface area contributed by atoms with Gasteiger partial charge in [-0.2, -0.15) is 13.2 Å². The number of alkyl halides is 3. The van der Waals surface area contributed by atoms with Gasteiger partial charge in [-0.25, -0.2) is 0 Å². The molecule has 2 atom stereocenters. The lowest BCUT2D eigenvalue weighted by Gasteiger charge is -2.20. The summed E-state index contributed by atoms with van der Waals surface area (Å²) < 4.78 is 43.6. The van der Waals surface area contributed by atoms with Gasteiger partial charge >= 0.3 is 12.1 Å². The number of hydrogen-bond acceptors (Lipinski definition) is 3. The van der Waals surface area contributed by atoms with E-state index < -0.39 is 23.6 Å². The molecule has 3 aromatic carbocycles. The van der Waals surface area contributed by atoms with Gasteiger partial charge in [-0.15, -0.1) is 0 Å². The third kappa shape index (κ3) is 10.3. The van der Waals surface area contributed by atoms with Crippen molar-refractivity contribution in [2.24, 2.45) is 5.92 Å². The van der Waals surface area contributed by atoms with Crippen LogP contribution in [0.25, 0.3) is 0 Å². The number of hydrogen-bond donors (Lipinski definition) is 2. The Morgan fingerprint density at radius 1 is 0.892 bits per heavy atom. The van der Waals surface area contributed by atoms with Gasteiger partial charge in [0.05, 0.1) is 11.5 Å². The molecule has 0 saturated heterocycles. The molecular formula is C30H36F3NO3. The summed E-state index contributed by atoms with van der Waals surface area (Å²) in [6, 6.07) is 22.3. The van der Waals surface area contributed by atoms with Gasteiger partial charge in [0.25, 0.3) is 0 Å². The van der Waals surface area contributed by atoms with E-state index >= 15 is 0 Å². The highest BCUT2D eigenvalue weighted by atomic mass is 19.4. The maximum atomic E-state index is 12.6. The SMILES string of the molecule is CC(C)Cc1ccc(C(C)C(=O)O)cc1.CNCCC(Oc1ccc(C(F)(F)F)cc1)c1ccccc1. The Bertz CT molecular complexity index is 1070. The maximum absolute atomic E-state index is 12.6. The van der Waals surface area contributed by atoms with E-state index in [9.17, 15) is 18.0 Å². The number of carbonyl (C=O) groups is 1. The fourth-order valence-electron chi connectivity index (χ4n) is 3.68. The summed E-state index contributed by atoms with van der Waals surface area (Å²) in [5.41, 5.74) is 2.46. The molecule has 3 aromatic rings. The molecule has 0 aliphatic heterocycles. The zero-order valence-corrected chi connectivity index (χ0v) is 21.8. The molecule has 7 heteroatoms. The zero-order chi connectivity index (χ0) is 27.4. The lowest BCUT2D eigenvalue weighted by atomic mass is 9.97. The highest BCUT2D eigenvalue weighted by molar-refractivity contribution is 5.75. The van der Waals surface area contributed by atoms with E-state index in [0.717, 1.165) is 42.6 Å². The van der Waals surface area contributed by atoms with E-state index in [0.29, 0.717) is 11.7 Å². The molecule has 3 rings (SSSR count). The summed E-state index contributed by atoms with van der Waals surface area (Å²) >= 11 is 0. The van der Waals surface area contributed by atoms with Crippen LogP contribution in [0.15, 0.2) is 78.9 Å². The predicted molar refractivity (Wildman–Crippen MR) is 141 cm³/mol. The van der Waals surface area contributed by atoms with E-state index in [1.807, 2.05) is 61.6 Å². The minimum atomic E-state index is -4.33. The van der Waals surface area contributed by atoms with Crippen molar-refractivity contribution in [3.8, 4) is 5.75 Å². The molecule has 0 aliphatic carbocycles. The molecule has 0 radical (unpaired) electrons. The maximum Gasteiger partial charge on any atom is 0.416 e. The quantitative estimate of drug-likeness (QED) is 0.293. The molecular weight excluding hydrogens is 479 g/mol. The molecule has 200 valence electrons. The number of carboxylic acids is 1. The smallest absolute Gasteiger partial charge is 0.416 e. The highest BCUT2D eigenvalue weighted by Gasteiger charge is 2.30. The molecule has 0 bridgehead atoms. The minimum absolute atomic E-state index is 0.203. The van der Waals surface area contributed by atoms with E-state index in [1.54, 1.807) is 6.92 Å². The second-order valence-corrected chi connectivity index (χ2v) is 9.33. The van der Waals surface area contributed by atoms with Crippen LogP contribution in [-0.4, -0.2) is 24.7 Å². The Labute approximate surface area is 217 Å². The Hall–Kier alpha value is -3.32. The van der Waals surface area contributed by atoms with Crippen LogP contribution in [0.2, 0.25) is 0 Å². The summed E-state index contributed by atoms with van der Waals surface area (Å²) in [5, 5.41) is 11.9. The topological polar surface area (TPSA) is 58.6 Å². The van der Waals surface area contributed by atoms with Gasteiger partial charge in [-0.1, -0.05) is 68.4 Å². The first-order valence-electron chi connectivity index (χ1n) is 12.4. The fraction of sp³-hybridized carbons (Fsp3) is 0.367. The Morgan fingerprint density at radius 2 is 1.49 bits per heavy atom. The molecule has 0 fully saturated rings. The number of halogens is 3. The van der Waals surface area contributed by atoms with Gasteiger partial charge in [0.2, 0.25) is 0 Å². The van der Waals surface area contributed by atoms with Crippen molar-refractivity contribution in [3.05, 3.63) is 101 Å². The van der Waals surface area contributed by atoms with Gasteiger partial charge in [0.15, 0.2) is 0 Å². The first-order chi connectivity index (χ1) is 17.5. The van der Waals surface area contributed by atoms with Gasteiger partial charge in [0.1, 0.15) is 11.9 Å². The summed E-state index contributed by atoms with van der Waals surface area (Å²) in [6.07, 6.45) is -2.77. The third-order valence-corrected chi connectivity index (χ3v) is 5.78. The summed E-state index contributed by atoms with van der Waals surface area (Å²) in [7, 11) is 1.85. The van der Waals surface area contributed by atoms with Crippen molar-refractivity contribution in [2.75, 3.05) is 13.6 Å². The second-order valence-electron chi connectivity index (χ2n) is 9.33. The molecule has 0 amide bonds. The number of benzene rings is 3.